The number of aromatic hydroxyl groups is 1. The minimum absolute atomic E-state index is 0.0740. The van der Waals surface area contributed by atoms with Crippen molar-refractivity contribution in [3.8, 4) is 17.2 Å². The summed E-state index contributed by atoms with van der Waals surface area (Å²) in [5, 5.41) is 9.80. The van der Waals surface area contributed by atoms with Gasteiger partial charge in [0.25, 0.3) is 0 Å². The summed E-state index contributed by atoms with van der Waals surface area (Å²) < 4.78 is 10.1. The Morgan fingerprint density at radius 3 is 2.69 bits per heavy atom. The van der Waals surface area contributed by atoms with Gasteiger partial charge in [-0.3, -0.25) is 0 Å². The zero-order valence-corrected chi connectivity index (χ0v) is 9.54. The highest BCUT2D eigenvalue weighted by Crippen LogP contribution is 2.42. The largest absolute Gasteiger partial charge is 0.506 e. The van der Waals surface area contributed by atoms with Crippen LogP contribution in [0, 0.1) is 0 Å². The number of benzene rings is 1. The lowest BCUT2D eigenvalue weighted by Gasteiger charge is -2.13. The molecule has 0 aliphatic heterocycles. The molecule has 16 heavy (non-hydrogen) atoms. The smallest absolute Gasteiger partial charge is 0.235 e. The summed E-state index contributed by atoms with van der Waals surface area (Å²) in [5.74, 6) is 0.475. The van der Waals surface area contributed by atoms with E-state index in [4.69, 9.17) is 21.1 Å². The van der Waals surface area contributed by atoms with Crippen LogP contribution in [0.1, 0.15) is 5.56 Å². The lowest BCUT2D eigenvalue weighted by Crippen LogP contribution is -1.96. The van der Waals surface area contributed by atoms with E-state index in [9.17, 15) is 9.90 Å². The van der Waals surface area contributed by atoms with Crippen molar-refractivity contribution in [2.45, 2.75) is 6.54 Å². The average molecular weight is 244 g/mol. The van der Waals surface area contributed by atoms with Crippen LogP contribution in [-0.4, -0.2) is 25.4 Å². The zero-order chi connectivity index (χ0) is 12.1. The number of phenolic OH excluding ortho intramolecular Hbond substituents is 1. The molecule has 0 bridgehead atoms. The first-order valence-corrected chi connectivity index (χ1v) is 4.69. The van der Waals surface area contributed by atoms with Crippen LogP contribution in [0.25, 0.3) is 0 Å². The highest BCUT2D eigenvalue weighted by atomic mass is 35.5. The fourth-order valence-electron chi connectivity index (χ4n) is 1.28. The third kappa shape index (κ3) is 2.27. The molecule has 1 aromatic carbocycles. The van der Waals surface area contributed by atoms with E-state index >= 15 is 0 Å². The van der Waals surface area contributed by atoms with Gasteiger partial charge in [-0.25, -0.2) is 9.79 Å². The molecule has 0 radical (unpaired) electrons. The van der Waals surface area contributed by atoms with Crippen LogP contribution in [0.5, 0.6) is 17.2 Å². The number of halogens is 1. The van der Waals surface area contributed by atoms with Gasteiger partial charge in [0, 0.05) is 6.07 Å². The molecule has 0 spiro atoms. The minimum Gasteiger partial charge on any atom is -0.506 e. The van der Waals surface area contributed by atoms with E-state index in [2.05, 4.69) is 4.99 Å². The fraction of sp³-hybridized carbons (Fsp3) is 0.300. The molecule has 0 saturated heterocycles. The molecule has 0 amide bonds. The molecule has 6 heteroatoms. The summed E-state index contributed by atoms with van der Waals surface area (Å²) >= 11 is 5.78. The van der Waals surface area contributed by atoms with Gasteiger partial charge in [0.2, 0.25) is 6.08 Å². The van der Waals surface area contributed by atoms with E-state index < -0.39 is 0 Å². The predicted octanol–water partition coefficient (Wildman–Crippen LogP) is 1.90. The van der Waals surface area contributed by atoms with E-state index in [1.807, 2.05) is 0 Å². The number of ether oxygens (including phenoxy) is 2. The van der Waals surface area contributed by atoms with E-state index in [1.165, 1.54) is 26.4 Å². The number of rotatable bonds is 4. The van der Waals surface area contributed by atoms with Crippen LogP contribution < -0.4 is 9.47 Å². The van der Waals surface area contributed by atoms with Gasteiger partial charge in [-0.15, -0.1) is 0 Å². The summed E-state index contributed by atoms with van der Waals surface area (Å²) in [6.07, 6.45) is 1.38. The Bertz CT molecular complexity index is 441. The Balaban J connectivity index is 3.39. The summed E-state index contributed by atoms with van der Waals surface area (Å²) in [7, 11) is 2.86. The summed E-state index contributed by atoms with van der Waals surface area (Å²) in [6.45, 7) is -0.0740. The number of nitrogens with zero attached hydrogens (tertiary/aromatic N) is 1. The second-order valence-electron chi connectivity index (χ2n) is 2.83. The number of hydrogen-bond donors (Lipinski definition) is 1. The van der Waals surface area contributed by atoms with Crippen LogP contribution in [0.3, 0.4) is 0 Å². The van der Waals surface area contributed by atoms with Crippen molar-refractivity contribution in [2.24, 2.45) is 4.99 Å². The van der Waals surface area contributed by atoms with E-state index in [1.54, 1.807) is 0 Å². The Hall–Kier alpha value is -1.71. The molecule has 5 nitrogen and oxygen atoms in total. The van der Waals surface area contributed by atoms with Gasteiger partial charge >= 0.3 is 0 Å². The van der Waals surface area contributed by atoms with Crippen molar-refractivity contribution in [1.29, 1.82) is 0 Å². The SMILES string of the molecule is COc1cc(Cl)c(O)c(CN=C=O)c1OC. The zero-order valence-electron chi connectivity index (χ0n) is 8.78. The number of aliphatic imine (C=N–C) groups is 1. The molecule has 1 aromatic rings. The second-order valence-corrected chi connectivity index (χ2v) is 3.24. The Kier molecular flexibility index (Phi) is 4.17. The summed E-state index contributed by atoms with van der Waals surface area (Å²) in [6, 6.07) is 1.42. The Labute approximate surface area is 97.3 Å². The highest BCUT2D eigenvalue weighted by Gasteiger charge is 2.17. The molecule has 1 N–H and O–H groups in total. The number of isocyanates is 1. The van der Waals surface area contributed by atoms with Gasteiger partial charge in [0.15, 0.2) is 11.5 Å². The Morgan fingerprint density at radius 2 is 2.19 bits per heavy atom. The van der Waals surface area contributed by atoms with Gasteiger partial charge in [0.1, 0.15) is 5.75 Å². The van der Waals surface area contributed by atoms with Crippen LogP contribution in [-0.2, 0) is 11.3 Å². The number of phenols is 1. The number of hydrogen-bond acceptors (Lipinski definition) is 5. The second kappa shape index (κ2) is 5.39. The van der Waals surface area contributed by atoms with Gasteiger partial charge in [-0.2, -0.15) is 0 Å². The van der Waals surface area contributed by atoms with Crippen molar-refractivity contribution < 1.29 is 19.4 Å². The van der Waals surface area contributed by atoms with Crippen LogP contribution in [0.4, 0.5) is 0 Å². The van der Waals surface area contributed by atoms with Gasteiger partial charge in [-0.05, 0) is 0 Å². The molecule has 1 rings (SSSR count). The molecule has 0 atom stereocenters. The summed E-state index contributed by atoms with van der Waals surface area (Å²) in [4.78, 5) is 13.4. The lowest BCUT2D eigenvalue weighted by atomic mass is 10.1. The average Bonchev–Trinajstić information content (AvgIpc) is 2.30. The molecule has 0 aromatic heterocycles. The van der Waals surface area contributed by atoms with Crippen LogP contribution in [0.15, 0.2) is 11.1 Å². The maximum atomic E-state index is 10.1. The lowest BCUT2D eigenvalue weighted by molar-refractivity contribution is 0.347. The fourth-order valence-corrected chi connectivity index (χ4v) is 1.50. The predicted molar refractivity (Wildman–Crippen MR) is 58.0 cm³/mol. The van der Waals surface area contributed by atoms with Crippen molar-refractivity contribution in [3.63, 3.8) is 0 Å². The van der Waals surface area contributed by atoms with Crippen molar-refractivity contribution in [1.82, 2.24) is 0 Å². The third-order valence-corrected chi connectivity index (χ3v) is 2.28. The van der Waals surface area contributed by atoms with Gasteiger partial charge in [0.05, 0.1) is 31.4 Å². The molecule has 86 valence electrons. The van der Waals surface area contributed by atoms with Crippen molar-refractivity contribution >= 4 is 17.7 Å². The molecular weight excluding hydrogens is 234 g/mol. The Morgan fingerprint density at radius 1 is 1.50 bits per heavy atom. The molecule has 0 fully saturated rings. The number of methoxy groups -OCH3 is 2. The monoisotopic (exact) mass is 243 g/mol. The third-order valence-electron chi connectivity index (χ3n) is 1.99. The van der Waals surface area contributed by atoms with E-state index in [-0.39, 0.29) is 22.9 Å². The first-order chi connectivity index (χ1) is 7.65. The molecule has 0 heterocycles. The standard InChI is InChI=1S/C10H10ClNO4/c1-15-8-3-7(11)9(14)6(4-12-5-13)10(8)16-2/h3,14H,4H2,1-2H3. The van der Waals surface area contributed by atoms with Crippen LogP contribution in [0.2, 0.25) is 5.02 Å². The molecule has 0 unspecified atom stereocenters. The quantitative estimate of drug-likeness (QED) is 0.648. The first kappa shape index (κ1) is 12.4. The minimum atomic E-state index is -0.182. The van der Waals surface area contributed by atoms with Crippen LogP contribution >= 0.6 is 11.6 Å². The van der Waals surface area contributed by atoms with Crippen molar-refractivity contribution in [3.05, 3.63) is 16.7 Å². The highest BCUT2D eigenvalue weighted by molar-refractivity contribution is 6.32. The molecule has 0 aliphatic rings. The van der Waals surface area contributed by atoms with Crippen molar-refractivity contribution in [2.75, 3.05) is 14.2 Å². The first-order valence-electron chi connectivity index (χ1n) is 4.31. The molecule has 0 aliphatic carbocycles. The number of carbonyl (C=O) groups excluding carboxylic acids is 1. The van der Waals surface area contributed by atoms with E-state index in [0.29, 0.717) is 11.5 Å². The van der Waals surface area contributed by atoms with Gasteiger partial charge in [-0.1, -0.05) is 11.6 Å². The molecule has 0 saturated carbocycles. The van der Waals surface area contributed by atoms with Gasteiger partial charge < -0.3 is 14.6 Å². The normalized spacial score (nSPS) is 9.44. The van der Waals surface area contributed by atoms with E-state index in [0.717, 1.165) is 0 Å². The maximum Gasteiger partial charge on any atom is 0.235 e. The topological polar surface area (TPSA) is 68.1 Å². The maximum absolute atomic E-state index is 10.1. The molecular formula is C10H10ClNO4. The summed E-state index contributed by atoms with van der Waals surface area (Å²) in [5.41, 5.74) is 0.287.